The third-order valence-corrected chi connectivity index (χ3v) is 3.79. The molecule has 0 aromatic heterocycles. The van der Waals surface area contributed by atoms with Crippen molar-refractivity contribution in [2.45, 2.75) is 53.5 Å². The highest BCUT2D eigenvalue weighted by molar-refractivity contribution is 5.96. The van der Waals surface area contributed by atoms with E-state index >= 15 is 0 Å². The lowest BCUT2D eigenvalue weighted by Crippen LogP contribution is -2.34. The van der Waals surface area contributed by atoms with Crippen molar-refractivity contribution < 1.29 is 4.79 Å². The minimum Gasteiger partial charge on any atom is -0.300 e. The molecule has 0 spiro atoms. The normalized spacial score (nSPS) is 12.7. The summed E-state index contributed by atoms with van der Waals surface area (Å²) in [5.41, 5.74) is 3.19. The van der Waals surface area contributed by atoms with Gasteiger partial charge in [0.1, 0.15) is 0 Å². The second kappa shape index (κ2) is 7.44. The quantitative estimate of drug-likeness (QED) is 0.692. The average molecular weight is 261 g/mol. The Morgan fingerprint density at radius 1 is 1.16 bits per heavy atom. The van der Waals surface area contributed by atoms with Crippen LogP contribution in [0.4, 0.5) is 0 Å². The third kappa shape index (κ3) is 4.79. The Kier molecular flexibility index (Phi) is 6.23. The Morgan fingerprint density at radius 3 is 2.21 bits per heavy atom. The first-order valence-corrected chi connectivity index (χ1v) is 7.33. The van der Waals surface area contributed by atoms with Gasteiger partial charge < -0.3 is 4.90 Å². The summed E-state index contributed by atoms with van der Waals surface area (Å²) in [6, 6.07) is 6.65. The molecular weight excluding hydrogens is 234 g/mol. The zero-order valence-corrected chi connectivity index (χ0v) is 13.0. The maximum absolute atomic E-state index is 12.3. The number of carbonyl (C=O) groups excluding carboxylic acids is 1. The summed E-state index contributed by atoms with van der Waals surface area (Å²) in [4.78, 5) is 14.6. The molecule has 0 heterocycles. The minimum atomic E-state index is 0.258. The fraction of sp³-hybridized carbons (Fsp3) is 0.588. The molecule has 1 aromatic rings. The average Bonchev–Trinajstić information content (AvgIpc) is 2.37. The van der Waals surface area contributed by atoms with Crippen molar-refractivity contribution in [2.24, 2.45) is 0 Å². The van der Waals surface area contributed by atoms with Crippen LogP contribution in [0.2, 0.25) is 0 Å². The van der Waals surface area contributed by atoms with Crippen LogP contribution in [-0.4, -0.2) is 29.8 Å². The zero-order chi connectivity index (χ0) is 14.4. The Labute approximate surface area is 117 Å². The molecule has 0 fully saturated rings. The SMILES string of the molecule is CCC(C)N(CC)CCC(=O)c1cc(C)cc(C)c1. The highest BCUT2D eigenvalue weighted by Gasteiger charge is 2.13. The van der Waals surface area contributed by atoms with Crippen molar-refractivity contribution in [1.29, 1.82) is 0 Å². The lowest BCUT2D eigenvalue weighted by Gasteiger charge is -2.26. The number of hydrogen-bond acceptors (Lipinski definition) is 2. The predicted octanol–water partition coefficient (Wildman–Crippen LogP) is 4.00. The van der Waals surface area contributed by atoms with E-state index in [1.807, 2.05) is 26.0 Å². The summed E-state index contributed by atoms with van der Waals surface area (Å²) in [5, 5.41) is 0. The molecule has 1 rings (SSSR count). The number of Topliss-reactive ketones (excluding diaryl/α,β-unsaturated/α-hetero) is 1. The summed E-state index contributed by atoms with van der Waals surface area (Å²) >= 11 is 0. The van der Waals surface area contributed by atoms with Gasteiger partial charge in [-0.15, -0.1) is 0 Å². The number of ketones is 1. The van der Waals surface area contributed by atoms with Crippen LogP contribution in [0.15, 0.2) is 18.2 Å². The fourth-order valence-corrected chi connectivity index (χ4v) is 2.47. The van der Waals surface area contributed by atoms with Gasteiger partial charge in [-0.05, 0) is 45.9 Å². The van der Waals surface area contributed by atoms with Crippen molar-refractivity contribution >= 4 is 5.78 Å². The van der Waals surface area contributed by atoms with Crippen molar-refractivity contribution in [2.75, 3.05) is 13.1 Å². The van der Waals surface area contributed by atoms with Gasteiger partial charge in [0.2, 0.25) is 0 Å². The maximum atomic E-state index is 12.3. The number of nitrogens with zero attached hydrogens (tertiary/aromatic N) is 1. The van der Waals surface area contributed by atoms with Crippen LogP contribution in [0.1, 0.15) is 55.1 Å². The monoisotopic (exact) mass is 261 g/mol. The molecular formula is C17H27NO. The van der Waals surface area contributed by atoms with Gasteiger partial charge in [-0.3, -0.25) is 4.79 Å². The number of hydrogen-bond donors (Lipinski definition) is 0. The van der Waals surface area contributed by atoms with Crippen LogP contribution in [0.3, 0.4) is 0 Å². The van der Waals surface area contributed by atoms with Gasteiger partial charge >= 0.3 is 0 Å². The first kappa shape index (κ1) is 15.9. The largest absolute Gasteiger partial charge is 0.300 e. The molecule has 2 heteroatoms. The summed E-state index contributed by atoms with van der Waals surface area (Å²) in [7, 11) is 0. The van der Waals surface area contributed by atoms with Gasteiger partial charge in [0, 0.05) is 24.6 Å². The van der Waals surface area contributed by atoms with Gasteiger partial charge in [0.25, 0.3) is 0 Å². The Balaban J connectivity index is 2.64. The summed E-state index contributed by atoms with van der Waals surface area (Å²) in [6.45, 7) is 12.5. The molecule has 0 aliphatic rings. The number of benzene rings is 1. The van der Waals surface area contributed by atoms with Crippen molar-refractivity contribution in [3.05, 3.63) is 34.9 Å². The van der Waals surface area contributed by atoms with Gasteiger partial charge in [0.05, 0.1) is 0 Å². The minimum absolute atomic E-state index is 0.258. The smallest absolute Gasteiger partial charge is 0.164 e. The molecule has 1 atom stereocenters. The van der Waals surface area contributed by atoms with Gasteiger partial charge in [-0.25, -0.2) is 0 Å². The predicted molar refractivity (Wildman–Crippen MR) is 81.9 cm³/mol. The van der Waals surface area contributed by atoms with E-state index in [0.29, 0.717) is 12.5 Å². The third-order valence-electron chi connectivity index (χ3n) is 3.79. The topological polar surface area (TPSA) is 20.3 Å². The van der Waals surface area contributed by atoms with E-state index < -0.39 is 0 Å². The molecule has 106 valence electrons. The van der Waals surface area contributed by atoms with Crippen LogP contribution in [0, 0.1) is 13.8 Å². The van der Waals surface area contributed by atoms with Gasteiger partial charge in [-0.2, -0.15) is 0 Å². The number of aryl methyl sites for hydroxylation is 2. The Morgan fingerprint density at radius 2 is 1.74 bits per heavy atom. The molecule has 0 radical (unpaired) electrons. The van der Waals surface area contributed by atoms with E-state index in [-0.39, 0.29) is 5.78 Å². The molecule has 0 amide bonds. The molecule has 1 aromatic carbocycles. The number of carbonyl (C=O) groups is 1. The molecule has 19 heavy (non-hydrogen) atoms. The van der Waals surface area contributed by atoms with Crippen molar-refractivity contribution in [1.82, 2.24) is 4.90 Å². The van der Waals surface area contributed by atoms with Crippen molar-refractivity contribution in [3.8, 4) is 0 Å². The lowest BCUT2D eigenvalue weighted by atomic mass is 10.0. The first-order chi connectivity index (χ1) is 8.97. The second-order valence-electron chi connectivity index (χ2n) is 5.44. The number of rotatable bonds is 7. The highest BCUT2D eigenvalue weighted by Crippen LogP contribution is 2.12. The highest BCUT2D eigenvalue weighted by atomic mass is 16.1. The summed E-state index contributed by atoms with van der Waals surface area (Å²) < 4.78 is 0. The van der Waals surface area contributed by atoms with E-state index in [1.54, 1.807) is 0 Å². The van der Waals surface area contributed by atoms with E-state index in [9.17, 15) is 4.79 Å². The van der Waals surface area contributed by atoms with Gasteiger partial charge in [0.15, 0.2) is 5.78 Å². The molecule has 1 unspecified atom stereocenters. The molecule has 0 aliphatic heterocycles. The fourth-order valence-electron chi connectivity index (χ4n) is 2.47. The molecule has 0 saturated carbocycles. The second-order valence-corrected chi connectivity index (χ2v) is 5.44. The summed E-state index contributed by atoms with van der Waals surface area (Å²) in [5.74, 6) is 0.258. The van der Waals surface area contributed by atoms with E-state index in [0.717, 1.165) is 36.2 Å². The van der Waals surface area contributed by atoms with E-state index in [2.05, 4.69) is 31.7 Å². The zero-order valence-electron chi connectivity index (χ0n) is 13.0. The molecule has 2 nitrogen and oxygen atoms in total. The Hall–Kier alpha value is -1.15. The Bertz CT molecular complexity index is 405. The standard InChI is InChI=1S/C17H27NO/c1-6-15(5)18(7-2)9-8-17(19)16-11-13(3)10-14(4)12-16/h10-12,15H,6-9H2,1-5H3. The summed E-state index contributed by atoms with van der Waals surface area (Å²) in [6.07, 6.45) is 1.74. The van der Waals surface area contributed by atoms with Crippen molar-refractivity contribution in [3.63, 3.8) is 0 Å². The lowest BCUT2D eigenvalue weighted by molar-refractivity contribution is 0.0954. The molecule has 0 aliphatic carbocycles. The van der Waals surface area contributed by atoms with Crippen LogP contribution in [-0.2, 0) is 0 Å². The molecule has 0 saturated heterocycles. The first-order valence-electron chi connectivity index (χ1n) is 7.33. The van der Waals surface area contributed by atoms with E-state index in [4.69, 9.17) is 0 Å². The van der Waals surface area contributed by atoms with Crippen LogP contribution >= 0.6 is 0 Å². The van der Waals surface area contributed by atoms with E-state index in [1.165, 1.54) is 0 Å². The molecule has 0 bridgehead atoms. The molecule has 0 N–H and O–H groups in total. The van der Waals surface area contributed by atoms with Crippen LogP contribution in [0.25, 0.3) is 0 Å². The maximum Gasteiger partial charge on any atom is 0.164 e. The van der Waals surface area contributed by atoms with Crippen LogP contribution in [0.5, 0.6) is 0 Å². The van der Waals surface area contributed by atoms with Crippen LogP contribution < -0.4 is 0 Å². The van der Waals surface area contributed by atoms with Gasteiger partial charge in [-0.1, -0.05) is 31.0 Å².